The lowest BCUT2D eigenvalue weighted by molar-refractivity contribution is -0.122. The van der Waals surface area contributed by atoms with E-state index in [1.54, 1.807) is 0 Å². The highest BCUT2D eigenvalue weighted by Crippen LogP contribution is 2.20. The number of rotatable bonds is 18. The highest BCUT2D eigenvalue weighted by atomic mass is 32.1. The first-order chi connectivity index (χ1) is 15.4. The Bertz CT molecular complexity index is 695. The standard InChI is InChI=1S/C24H42N4O3S.2H2S/c1-2-18-16-20(12-11-19(18)17-32)31-15-7-10-23(29)21(26)8-4-6-14-28-24(30)22(27)9-3-5-13-25;;/h11-12,16,21-22,32H,2-10,13-15,17,25-27H2,1H3,(H,28,30);2*1H2/t21-,22-;;/m0../s1. The van der Waals surface area contributed by atoms with E-state index < -0.39 is 12.1 Å². The largest absolute Gasteiger partial charge is 0.494 e. The maximum Gasteiger partial charge on any atom is 0.236 e. The van der Waals surface area contributed by atoms with E-state index in [4.69, 9.17) is 21.9 Å². The molecule has 198 valence electrons. The molecule has 0 saturated heterocycles. The Kier molecular flexibility index (Phi) is 22.2. The average Bonchev–Trinajstić information content (AvgIpc) is 2.80. The van der Waals surface area contributed by atoms with Gasteiger partial charge in [0.2, 0.25) is 5.91 Å². The maximum absolute atomic E-state index is 12.2. The van der Waals surface area contributed by atoms with Gasteiger partial charge in [-0.2, -0.15) is 39.6 Å². The van der Waals surface area contributed by atoms with Crippen LogP contribution in [0, 0.1) is 0 Å². The zero-order chi connectivity index (χ0) is 23.8. The summed E-state index contributed by atoms with van der Waals surface area (Å²) in [4.78, 5) is 24.1. The second kappa shape index (κ2) is 21.4. The third-order valence-electron chi connectivity index (χ3n) is 5.53. The van der Waals surface area contributed by atoms with Crippen LogP contribution in [0.3, 0.4) is 0 Å². The summed E-state index contributed by atoms with van der Waals surface area (Å²) in [5, 5.41) is 2.84. The van der Waals surface area contributed by atoms with E-state index in [1.165, 1.54) is 11.1 Å². The average molecular weight is 535 g/mol. The lowest BCUT2D eigenvalue weighted by Crippen LogP contribution is -2.41. The fraction of sp³-hybridized carbons (Fsp3) is 0.667. The van der Waals surface area contributed by atoms with Crippen molar-refractivity contribution in [3.05, 3.63) is 29.3 Å². The van der Waals surface area contributed by atoms with Gasteiger partial charge in [-0.05, 0) is 74.8 Å². The number of benzene rings is 1. The van der Waals surface area contributed by atoms with Crippen LogP contribution in [0.25, 0.3) is 0 Å². The first-order valence-electron chi connectivity index (χ1n) is 11.8. The smallest absolute Gasteiger partial charge is 0.236 e. The minimum atomic E-state index is -0.484. The summed E-state index contributed by atoms with van der Waals surface area (Å²) in [7, 11) is 0. The predicted octanol–water partition coefficient (Wildman–Crippen LogP) is 2.70. The zero-order valence-electron chi connectivity index (χ0n) is 20.5. The number of nitrogens with two attached hydrogens (primary N) is 3. The third-order valence-corrected chi connectivity index (χ3v) is 5.87. The molecule has 7 N–H and O–H groups in total. The van der Waals surface area contributed by atoms with Gasteiger partial charge in [-0.3, -0.25) is 9.59 Å². The molecule has 0 radical (unpaired) electrons. The van der Waals surface area contributed by atoms with Crippen molar-refractivity contribution < 1.29 is 14.3 Å². The van der Waals surface area contributed by atoms with Crippen molar-refractivity contribution in [2.45, 2.75) is 82.5 Å². The predicted molar refractivity (Wildman–Crippen MR) is 155 cm³/mol. The SMILES string of the molecule is CCc1cc(OCCCC(=O)[C@@H](N)CCCCNC(=O)[C@@H](N)CCCCN)ccc1CS.S.S. The van der Waals surface area contributed by atoms with Crippen LogP contribution in [0.15, 0.2) is 18.2 Å². The Labute approximate surface area is 225 Å². The second-order valence-corrected chi connectivity index (χ2v) is 8.46. The molecule has 0 aliphatic carbocycles. The van der Waals surface area contributed by atoms with Crippen LogP contribution in [-0.2, 0) is 21.8 Å². The van der Waals surface area contributed by atoms with Crippen molar-refractivity contribution in [3.63, 3.8) is 0 Å². The number of unbranched alkanes of at least 4 members (excludes halogenated alkanes) is 2. The summed E-state index contributed by atoms with van der Waals surface area (Å²) in [6.45, 7) is 3.76. The molecule has 0 aliphatic heterocycles. The topological polar surface area (TPSA) is 133 Å². The van der Waals surface area contributed by atoms with Crippen LogP contribution in [-0.4, -0.2) is 43.5 Å². The summed E-state index contributed by atoms with van der Waals surface area (Å²) in [6, 6.07) is 5.09. The van der Waals surface area contributed by atoms with E-state index in [0.29, 0.717) is 51.1 Å². The molecular formula is C24H46N4O3S3. The number of ketones is 1. The molecule has 0 unspecified atom stereocenters. The van der Waals surface area contributed by atoms with E-state index in [9.17, 15) is 9.59 Å². The lowest BCUT2D eigenvalue weighted by atomic mass is 10.0. The Balaban J connectivity index is 0. The number of carbonyl (C=O) groups excluding carboxylic acids is 2. The van der Waals surface area contributed by atoms with Gasteiger partial charge in [0.25, 0.3) is 0 Å². The molecule has 2 atom stereocenters. The molecule has 0 aromatic heterocycles. The second-order valence-electron chi connectivity index (χ2n) is 8.14. The molecule has 1 aromatic carbocycles. The maximum atomic E-state index is 12.2. The molecule has 0 bridgehead atoms. The quantitative estimate of drug-likeness (QED) is 0.145. The van der Waals surface area contributed by atoms with Crippen LogP contribution in [0.2, 0.25) is 0 Å². The van der Waals surface area contributed by atoms with Gasteiger partial charge in [0.15, 0.2) is 0 Å². The Morgan fingerprint density at radius 3 is 2.32 bits per heavy atom. The van der Waals surface area contributed by atoms with Gasteiger partial charge in [-0.25, -0.2) is 0 Å². The number of hydrogen-bond donors (Lipinski definition) is 5. The molecule has 10 heteroatoms. The Morgan fingerprint density at radius 1 is 1.00 bits per heavy atom. The van der Waals surface area contributed by atoms with E-state index in [2.05, 4.69) is 24.9 Å². The van der Waals surface area contributed by atoms with Crippen LogP contribution in [0.5, 0.6) is 5.75 Å². The summed E-state index contributed by atoms with van der Waals surface area (Å²) >= 11 is 4.35. The zero-order valence-corrected chi connectivity index (χ0v) is 23.4. The summed E-state index contributed by atoms with van der Waals surface area (Å²) < 4.78 is 5.79. The van der Waals surface area contributed by atoms with Crippen molar-refractivity contribution >= 4 is 51.3 Å². The van der Waals surface area contributed by atoms with Crippen molar-refractivity contribution in [2.75, 3.05) is 19.7 Å². The molecule has 1 amide bonds. The van der Waals surface area contributed by atoms with Gasteiger partial charge in [0, 0.05) is 18.7 Å². The van der Waals surface area contributed by atoms with E-state index in [1.807, 2.05) is 18.2 Å². The normalized spacial score (nSPS) is 12.1. The summed E-state index contributed by atoms with van der Waals surface area (Å²) in [5.74, 6) is 1.46. The molecule has 0 aliphatic rings. The van der Waals surface area contributed by atoms with Crippen molar-refractivity contribution in [2.24, 2.45) is 17.2 Å². The van der Waals surface area contributed by atoms with Gasteiger partial charge in [-0.1, -0.05) is 19.4 Å². The molecule has 1 aromatic rings. The third kappa shape index (κ3) is 14.5. The minimum absolute atomic E-state index is 0. The Hall–Kier alpha value is -0.910. The first kappa shape index (κ1) is 35.3. The molecule has 0 fully saturated rings. The van der Waals surface area contributed by atoms with Crippen molar-refractivity contribution in [3.8, 4) is 5.75 Å². The van der Waals surface area contributed by atoms with Crippen LogP contribution >= 0.6 is 39.6 Å². The number of amides is 1. The summed E-state index contributed by atoms with van der Waals surface area (Å²) in [6.07, 6.45) is 6.53. The van der Waals surface area contributed by atoms with Gasteiger partial charge in [0.05, 0.1) is 18.7 Å². The number of nitrogens with one attached hydrogen (secondary N) is 1. The number of thiol groups is 1. The molecule has 7 nitrogen and oxygen atoms in total. The minimum Gasteiger partial charge on any atom is -0.494 e. The number of hydrogen-bond acceptors (Lipinski definition) is 7. The van der Waals surface area contributed by atoms with Crippen LogP contribution in [0.4, 0.5) is 0 Å². The molecular weight excluding hydrogens is 488 g/mol. The number of carbonyl (C=O) groups is 2. The van der Waals surface area contributed by atoms with Gasteiger partial charge in [0.1, 0.15) is 11.5 Å². The molecule has 1 rings (SSSR count). The molecule has 0 heterocycles. The fourth-order valence-corrected chi connectivity index (χ4v) is 3.74. The summed E-state index contributed by atoms with van der Waals surface area (Å²) in [5.41, 5.74) is 19.8. The highest BCUT2D eigenvalue weighted by Gasteiger charge is 2.14. The monoisotopic (exact) mass is 534 g/mol. The van der Waals surface area contributed by atoms with Gasteiger partial charge < -0.3 is 27.3 Å². The van der Waals surface area contributed by atoms with E-state index in [0.717, 1.165) is 37.9 Å². The van der Waals surface area contributed by atoms with Gasteiger partial charge >= 0.3 is 0 Å². The fourth-order valence-electron chi connectivity index (χ4n) is 3.43. The van der Waals surface area contributed by atoms with Crippen molar-refractivity contribution in [1.82, 2.24) is 5.32 Å². The highest BCUT2D eigenvalue weighted by molar-refractivity contribution is 7.79. The number of aryl methyl sites for hydroxylation is 1. The van der Waals surface area contributed by atoms with Crippen LogP contribution < -0.4 is 27.3 Å². The van der Waals surface area contributed by atoms with E-state index in [-0.39, 0.29) is 38.7 Å². The molecule has 0 saturated carbocycles. The Morgan fingerprint density at radius 2 is 1.68 bits per heavy atom. The van der Waals surface area contributed by atoms with Gasteiger partial charge in [-0.15, -0.1) is 0 Å². The molecule has 0 spiro atoms. The lowest BCUT2D eigenvalue weighted by Gasteiger charge is -2.13. The first-order valence-corrected chi connectivity index (χ1v) is 12.4. The van der Waals surface area contributed by atoms with Crippen molar-refractivity contribution in [1.29, 1.82) is 0 Å². The van der Waals surface area contributed by atoms with Crippen LogP contribution in [0.1, 0.15) is 69.4 Å². The van der Waals surface area contributed by atoms with E-state index >= 15 is 0 Å². The number of Topliss-reactive ketones (excluding diaryl/α,β-unsaturated/α-hetero) is 1. The number of ether oxygens (including phenoxy) is 1. The molecule has 34 heavy (non-hydrogen) atoms.